The van der Waals surface area contributed by atoms with Gasteiger partial charge in [-0.15, -0.1) is 6.58 Å². The average molecular weight is 243 g/mol. The van der Waals surface area contributed by atoms with Gasteiger partial charge in [-0.3, -0.25) is 0 Å². The fourth-order valence-corrected chi connectivity index (χ4v) is 2.65. The molecule has 2 nitrogen and oxygen atoms in total. The molecule has 0 spiro atoms. The summed E-state index contributed by atoms with van der Waals surface area (Å²) in [6.45, 7) is 9.87. The van der Waals surface area contributed by atoms with Crippen molar-refractivity contribution in [3.8, 4) is 0 Å². The Balaban J connectivity index is 3.49. The van der Waals surface area contributed by atoms with Crippen molar-refractivity contribution in [3.05, 3.63) is 12.7 Å². The first-order valence-corrected chi connectivity index (χ1v) is 8.09. The van der Waals surface area contributed by atoms with Crippen LogP contribution in [0.15, 0.2) is 12.7 Å². The van der Waals surface area contributed by atoms with E-state index in [2.05, 4.69) is 20.4 Å². The van der Waals surface area contributed by atoms with Gasteiger partial charge in [-0.05, 0) is 12.8 Å². The van der Waals surface area contributed by atoms with Crippen molar-refractivity contribution in [1.29, 1.82) is 0 Å². The van der Waals surface area contributed by atoms with Crippen LogP contribution in [0.4, 0.5) is 0 Å². The van der Waals surface area contributed by atoms with Crippen LogP contribution in [0.2, 0.25) is 6.04 Å². The van der Waals surface area contributed by atoms with Gasteiger partial charge in [0.15, 0.2) is 0 Å². The second-order valence-electron chi connectivity index (χ2n) is 3.98. The first kappa shape index (κ1) is 15.9. The molecule has 1 radical (unpaired) electrons. The van der Waals surface area contributed by atoms with E-state index in [1.165, 1.54) is 25.7 Å². The zero-order valence-corrected chi connectivity index (χ0v) is 12.0. The Bertz CT molecular complexity index is 139. The van der Waals surface area contributed by atoms with Gasteiger partial charge >= 0.3 is 9.28 Å². The van der Waals surface area contributed by atoms with Crippen LogP contribution < -0.4 is 0 Å². The van der Waals surface area contributed by atoms with Crippen LogP contribution in [0, 0.1) is 0 Å². The molecule has 0 aromatic rings. The van der Waals surface area contributed by atoms with Gasteiger partial charge in [-0.25, -0.2) is 0 Å². The minimum absolute atomic E-state index is 0.851. The predicted octanol–water partition coefficient (Wildman–Crippen LogP) is 4.07. The number of hydrogen-bond acceptors (Lipinski definition) is 2. The van der Waals surface area contributed by atoms with E-state index in [1.54, 1.807) is 0 Å². The van der Waals surface area contributed by atoms with Crippen LogP contribution in [0.1, 0.15) is 52.4 Å². The molecule has 0 amide bonds. The second kappa shape index (κ2) is 12.9. The van der Waals surface area contributed by atoms with E-state index >= 15 is 0 Å². The highest BCUT2D eigenvalue weighted by molar-refractivity contribution is 6.44. The third kappa shape index (κ3) is 10.4. The van der Waals surface area contributed by atoms with Crippen molar-refractivity contribution >= 4 is 9.28 Å². The van der Waals surface area contributed by atoms with Gasteiger partial charge in [0.25, 0.3) is 0 Å². The molecule has 0 rings (SSSR count). The Labute approximate surface area is 103 Å². The third-order valence-electron chi connectivity index (χ3n) is 2.33. The first-order chi connectivity index (χ1) is 7.85. The highest BCUT2D eigenvalue weighted by Crippen LogP contribution is 2.04. The second-order valence-corrected chi connectivity index (χ2v) is 5.71. The highest BCUT2D eigenvalue weighted by Gasteiger charge is 2.12. The Morgan fingerprint density at radius 3 is 1.81 bits per heavy atom. The van der Waals surface area contributed by atoms with E-state index < -0.39 is 9.28 Å². The molecule has 0 aliphatic heterocycles. The van der Waals surface area contributed by atoms with E-state index in [0.29, 0.717) is 0 Å². The minimum Gasteiger partial charge on any atom is -0.393 e. The zero-order valence-electron chi connectivity index (χ0n) is 11.0. The lowest BCUT2D eigenvalue weighted by molar-refractivity contribution is 0.192. The largest absolute Gasteiger partial charge is 0.393 e. The number of unbranched alkanes of at least 4 members (excludes halogenated alkanes) is 4. The summed E-state index contributed by atoms with van der Waals surface area (Å²) >= 11 is 0. The third-order valence-corrected chi connectivity index (χ3v) is 4.01. The molecule has 0 aliphatic rings. The predicted molar refractivity (Wildman–Crippen MR) is 71.7 cm³/mol. The van der Waals surface area contributed by atoms with E-state index in [4.69, 9.17) is 8.85 Å². The van der Waals surface area contributed by atoms with Gasteiger partial charge in [0.2, 0.25) is 0 Å². The number of rotatable bonds is 12. The van der Waals surface area contributed by atoms with Crippen LogP contribution in [0.3, 0.4) is 0 Å². The molecule has 0 unspecified atom stereocenters. The summed E-state index contributed by atoms with van der Waals surface area (Å²) in [5.74, 6) is 0. The summed E-state index contributed by atoms with van der Waals surface area (Å²) in [5, 5.41) is 0. The van der Waals surface area contributed by atoms with Crippen LogP contribution in [-0.4, -0.2) is 22.5 Å². The molecule has 0 bridgehead atoms. The maximum absolute atomic E-state index is 5.77. The lowest BCUT2D eigenvalue weighted by Crippen LogP contribution is -2.23. The quantitative estimate of drug-likeness (QED) is 0.292. The topological polar surface area (TPSA) is 18.5 Å². The Kier molecular flexibility index (Phi) is 12.8. The van der Waals surface area contributed by atoms with Gasteiger partial charge in [0.1, 0.15) is 0 Å². The molecule has 16 heavy (non-hydrogen) atoms. The van der Waals surface area contributed by atoms with Gasteiger partial charge in [-0.2, -0.15) is 0 Å². The van der Waals surface area contributed by atoms with Crippen molar-refractivity contribution in [2.45, 2.75) is 58.4 Å². The van der Waals surface area contributed by atoms with E-state index in [1.807, 2.05) is 6.08 Å². The first-order valence-electron chi connectivity index (χ1n) is 6.57. The molecular formula is C13H27O2Si. The van der Waals surface area contributed by atoms with E-state index in [-0.39, 0.29) is 0 Å². The van der Waals surface area contributed by atoms with Crippen LogP contribution in [-0.2, 0) is 8.85 Å². The molecule has 0 aliphatic carbocycles. The summed E-state index contributed by atoms with van der Waals surface area (Å²) in [5.41, 5.74) is 0. The lowest BCUT2D eigenvalue weighted by atomic mass is 10.3. The molecule has 0 heterocycles. The standard InChI is InChI=1S/C13H27O2Si/c1-4-7-9-11-14-16(13-6-3)15-12-10-8-5-2/h6H,3-5,7-13H2,1-2H3. The summed E-state index contributed by atoms with van der Waals surface area (Å²) < 4.78 is 11.5. The molecule has 0 atom stereocenters. The highest BCUT2D eigenvalue weighted by atomic mass is 28.3. The summed E-state index contributed by atoms with van der Waals surface area (Å²) in [7, 11) is -1.07. The molecule has 0 fully saturated rings. The van der Waals surface area contributed by atoms with Gasteiger partial charge in [0, 0.05) is 19.3 Å². The molecule has 0 aromatic heterocycles. The monoisotopic (exact) mass is 243 g/mol. The normalized spacial score (nSPS) is 10.9. The van der Waals surface area contributed by atoms with Crippen molar-refractivity contribution in [2.24, 2.45) is 0 Å². The van der Waals surface area contributed by atoms with Crippen LogP contribution in [0.5, 0.6) is 0 Å². The SMILES string of the molecule is C=CC[Si](OCCCCC)OCCCCC. The molecule has 0 saturated carbocycles. The van der Waals surface area contributed by atoms with Crippen LogP contribution in [0.25, 0.3) is 0 Å². The molecule has 3 heteroatoms. The van der Waals surface area contributed by atoms with Crippen molar-refractivity contribution in [3.63, 3.8) is 0 Å². The maximum Gasteiger partial charge on any atom is 0.388 e. The molecule has 0 aromatic carbocycles. The lowest BCUT2D eigenvalue weighted by Gasteiger charge is -2.13. The van der Waals surface area contributed by atoms with E-state index in [9.17, 15) is 0 Å². The van der Waals surface area contributed by atoms with E-state index in [0.717, 1.165) is 32.1 Å². The Hall–Kier alpha value is -0.123. The van der Waals surface area contributed by atoms with Crippen molar-refractivity contribution in [2.75, 3.05) is 13.2 Å². The fourth-order valence-electron chi connectivity index (χ4n) is 1.35. The molecule has 0 saturated heterocycles. The number of allylic oxidation sites excluding steroid dienone is 1. The summed E-state index contributed by atoms with van der Waals surface area (Å²) in [6.07, 6.45) is 9.20. The summed E-state index contributed by atoms with van der Waals surface area (Å²) in [4.78, 5) is 0. The maximum atomic E-state index is 5.77. The molecule has 0 N–H and O–H groups in total. The molecule has 95 valence electrons. The van der Waals surface area contributed by atoms with Crippen molar-refractivity contribution in [1.82, 2.24) is 0 Å². The summed E-state index contributed by atoms with van der Waals surface area (Å²) in [6, 6.07) is 0.892. The smallest absolute Gasteiger partial charge is 0.388 e. The Morgan fingerprint density at radius 1 is 0.938 bits per heavy atom. The fraction of sp³-hybridized carbons (Fsp3) is 0.846. The van der Waals surface area contributed by atoms with Gasteiger partial charge in [0.05, 0.1) is 0 Å². The van der Waals surface area contributed by atoms with Crippen LogP contribution >= 0.6 is 0 Å². The van der Waals surface area contributed by atoms with Crippen molar-refractivity contribution < 1.29 is 8.85 Å². The zero-order chi connectivity index (χ0) is 12.1. The van der Waals surface area contributed by atoms with Gasteiger partial charge < -0.3 is 8.85 Å². The minimum atomic E-state index is -1.07. The molecular weight excluding hydrogens is 216 g/mol. The van der Waals surface area contributed by atoms with Gasteiger partial charge in [-0.1, -0.05) is 45.6 Å². The number of hydrogen-bond donors (Lipinski definition) is 0. The average Bonchev–Trinajstić information content (AvgIpc) is 2.30. The Morgan fingerprint density at radius 2 is 1.44 bits per heavy atom.